The zero-order valence-corrected chi connectivity index (χ0v) is 14.1. The third-order valence-corrected chi connectivity index (χ3v) is 5.87. The molecule has 116 valence electrons. The van der Waals surface area contributed by atoms with Crippen molar-refractivity contribution in [3.05, 3.63) is 29.3 Å². The molecular formula is C13H18ClN3O2S2. The number of hydrogen-bond donors (Lipinski definition) is 1. The van der Waals surface area contributed by atoms with Gasteiger partial charge in [-0.25, -0.2) is 8.42 Å². The van der Waals surface area contributed by atoms with Gasteiger partial charge in [-0.05, 0) is 43.4 Å². The summed E-state index contributed by atoms with van der Waals surface area (Å²) >= 11 is 11.0. The van der Waals surface area contributed by atoms with Crippen LogP contribution in [0.25, 0.3) is 0 Å². The van der Waals surface area contributed by atoms with Crippen molar-refractivity contribution in [1.29, 1.82) is 0 Å². The molecule has 1 aliphatic rings. The molecule has 1 aromatic carbocycles. The predicted molar refractivity (Wildman–Crippen MR) is 88.1 cm³/mol. The van der Waals surface area contributed by atoms with E-state index in [4.69, 9.17) is 23.8 Å². The molecule has 1 heterocycles. The van der Waals surface area contributed by atoms with Crippen LogP contribution in [0, 0.1) is 0 Å². The van der Waals surface area contributed by atoms with Gasteiger partial charge in [-0.1, -0.05) is 11.6 Å². The third kappa shape index (κ3) is 3.85. The lowest BCUT2D eigenvalue weighted by Crippen LogP contribution is -2.52. The minimum absolute atomic E-state index is 0.273. The summed E-state index contributed by atoms with van der Waals surface area (Å²) in [5, 5.41) is 4.29. The minimum atomic E-state index is -3.46. The number of piperazine rings is 1. The van der Waals surface area contributed by atoms with Gasteiger partial charge in [0.25, 0.3) is 0 Å². The van der Waals surface area contributed by atoms with Crippen LogP contribution in [-0.4, -0.2) is 55.5 Å². The van der Waals surface area contributed by atoms with Crippen molar-refractivity contribution >= 4 is 39.0 Å². The van der Waals surface area contributed by atoms with Crippen LogP contribution in [0.1, 0.15) is 6.92 Å². The molecule has 0 atom stereocenters. The fourth-order valence-electron chi connectivity index (χ4n) is 2.15. The number of nitrogens with one attached hydrogen (secondary N) is 1. The SMILES string of the molecule is CCNC(=S)N1CCN(S(=O)(=O)c2ccc(Cl)cc2)CC1. The normalized spacial score (nSPS) is 16.8. The summed E-state index contributed by atoms with van der Waals surface area (Å²) in [6, 6.07) is 6.25. The Kier molecular flexibility index (Phi) is 5.43. The van der Waals surface area contributed by atoms with Crippen LogP contribution in [0.3, 0.4) is 0 Å². The summed E-state index contributed by atoms with van der Waals surface area (Å²) in [6.45, 7) is 4.79. The average Bonchev–Trinajstić information content (AvgIpc) is 2.48. The smallest absolute Gasteiger partial charge is 0.243 e. The van der Waals surface area contributed by atoms with Crippen molar-refractivity contribution in [3.8, 4) is 0 Å². The number of rotatable bonds is 3. The maximum atomic E-state index is 12.5. The Morgan fingerprint density at radius 1 is 1.24 bits per heavy atom. The van der Waals surface area contributed by atoms with Crippen LogP contribution >= 0.6 is 23.8 Å². The van der Waals surface area contributed by atoms with Crippen molar-refractivity contribution in [2.45, 2.75) is 11.8 Å². The maximum absolute atomic E-state index is 12.5. The standard InChI is InChI=1S/C13H18ClN3O2S2/c1-2-15-13(20)16-7-9-17(10-8-16)21(18,19)12-5-3-11(14)4-6-12/h3-6H,2,7-10H2,1H3,(H,15,20). The van der Waals surface area contributed by atoms with Crippen molar-refractivity contribution < 1.29 is 8.42 Å². The topological polar surface area (TPSA) is 52.6 Å². The molecule has 0 aliphatic carbocycles. The van der Waals surface area contributed by atoms with Crippen molar-refractivity contribution in [2.75, 3.05) is 32.7 Å². The van der Waals surface area contributed by atoms with Crippen molar-refractivity contribution in [3.63, 3.8) is 0 Å². The van der Waals surface area contributed by atoms with E-state index in [9.17, 15) is 8.42 Å². The molecule has 1 aliphatic heterocycles. The van der Waals surface area contributed by atoms with Gasteiger partial charge < -0.3 is 10.2 Å². The first-order chi connectivity index (χ1) is 9.95. The molecule has 1 saturated heterocycles. The first-order valence-corrected chi connectivity index (χ1v) is 8.96. The molecule has 8 heteroatoms. The molecule has 5 nitrogen and oxygen atoms in total. The molecule has 0 aromatic heterocycles. The van der Waals surface area contributed by atoms with Gasteiger partial charge in [0.15, 0.2) is 5.11 Å². The average molecular weight is 348 g/mol. The highest BCUT2D eigenvalue weighted by atomic mass is 35.5. The number of benzene rings is 1. The van der Waals surface area contributed by atoms with E-state index in [0.717, 1.165) is 6.54 Å². The quantitative estimate of drug-likeness (QED) is 0.841. The monoisotopic (exact) mass is 347 g/mol. The van der Waals surface area contributed by atoms with Crippen LogP contribution in [-0.2, 0) is 10.0 Å². The molecule has 0 bridgehead atoms. The lowest BCUT2D eigenvalue weighted by atomic mass is 10.4. The lowest BCUT2D eigenvalue weighted by Gasteiger charge is -2.35. The predicted octanol–water partition coefficient (Wildman–Crippen LogP) is 1.54. The van der Waals surface area contributed by atoms with E-state index >= 15 is 0 Å². The van der Waals surface area contributed by atoms with E-state index in [0.29, 0.717) is 36.3 Å². The van der Waals surface area contributed by atoms with E-state index in [1.807, 2.05) is 11.8 Å². The molecule has 0 spiro atoms. The van der Waals surface area contributed by atoms with Gasteiger partial charge in [0.1, 0.15) is 0 Å². The third-order valence-electron chi connectivity index (χ3n) is 3.31. The largest absolute Gasteiger partial charge is 0.363 e. The highest BCUT2D eigenvalue weighted by Gasteiger charge is 2.28. The molecular weight excluding hydrogens is 330 g/mol. The van der Waals surface area contributed by atoms with Crippen LogP contribution in [0.5, 0.6) is 0 Å². The Morgan fingerprint density at radius 3 is 2.33 bits per heavy atom. The number of nitrogens with zero attached hydrogens (tertiary/aromatic N) is 2. The van der Waals surface area contributed by atoms with Gasteiger partial charge in [0, 0.05) is 37.7 Å². The Bertz CT molecular complexity index is 596. The van der Waals surface area contributed by atoms with E-state index in [-0.39, 0.29) is 4.90 Å². The van der Waals surface area contributed by atoms with Gasteiger partial charge in [-0.2, -0.15) is 4.31 Å². The number of hydrogen-bond acceptors (Lipinski definition) is 3. The van der Waals surface area contributed by atoms with Gasteiger partial charge in [-0.15, -0.1) is 0 Å². The number of halogens is 1. The van der Waals surface area contributed by atoms with Crippen LogP contribution in [0.15, 0.2) is 29.2 Å². The highest BCUT2D eigenvalue weighted by molar-refractivity contribution is 7.89. The Hall–Kier alpha value is -0.890. The summed E-state index contributed by atoms with van der Waals surface area (Å²) in [6.07, 6.45) is 0. The van der Waals surface area contributed by atoms with Gasteiger partial charge in [0.05, 0.1) is 4.90 Å². The first kappa shape index (κ1) is 16.5. The molecule has 0 unspecified atom stereocenters. The Labute approximate surface area is 135 Å². The second-order valence-corrected chi connectivity index (χ2v) is 7.44. The molecule has 21 heavy (non-hydrogen) atoms. The number of thiocarbonyl (C=S) groups is 1. The van der Waals surface area contributed by atoms with Gasteiger partial charge >= 0.3 is 0 Å². The van der Waals surface area contributed by atoms with E-state index in [1.54, 1.807) is 12.1 Å². The zero-order valence-electron chi connectivity index (χ0n) is 11.8. The molecule has 1 aromatic rings. The Morgan fingerprint density at radius 2 is 1.81 bits per heavy atom. The van der Waals surface area contributed by atoms with Gasteiger partial charge in [0.2, 0.25) is 10.0 Å². The van der Waals surface area contributed by atoms with E-state index in [2.05, 4.69) is 5.32 Å². The minimum Gasteiger partial charge on any atom is -0.363 e. The fraction of sp³-hybridized carbons (Fsp3) is 0.462. The van der Waals surface area contributed by atoms with Crippen molar-refractivity contribution in [2.24, 2.45) is 0 Å². The molecule has 0 saturated carbocycles. The lowest BCUT2D eigenvalue weighted by molar-refractivity contribution is 0.264. The summed E-state index contributed by atoms with van der Waals surface area (Å²) in [5.74, 6) is 0. The van der Waals surface area contributed by atoms with Crippen molar-refractivity contribution in [1.82, 2.24) is 14.5 Å². The summed E-state index contributed by atoms with van der Waals surface area (Å²) in [4.78, 5) is 2.27. The second-order valence-electron chi connectivity index (χ2n) is 4.68. The molecule has 2 rings (SSSR count). The summed E-state index contributed by atoms with van der Waals surface area (Å²) in [5.41, 5.74) is 0. The van der Waals surface area contributed by atoms with E-state index < -0.39 is 10.0 Å². The first-order valence-electron chi connectivity index (χ1n) is 6.73. The maximum Gasteiger partial charge on any atom is 0.243 e. The van der Waals surface area contributed by atoms with Crippen LogP contribution in [0.2, 0.25) is 5.02 Å². The van der Waals surface area contributed by atoms with Gasteiger partial charge in [-0.3, -0.25) is 0 Å². The van der Waals surface area contributed by atoms with Crippen LogP contribution < -0.4 is 5.32 Å². The molecule has 1 fully saturated rings. The molecule has 0 amide bonds. The fourth-order valence-corrected chi connectivity index (χ4v) is 4.03. The van der Waals surface area contributed by atoms with E-state index in [1.165, 1.54) is 16.4 Å². The summed E-state index contributed by atoms with van der Waals surface area (Å²) < 4.78 is 26.5. The zero-order chi connectivity index (χ0) is 15.5. The number of sulfonamides is 1. The summed E-state index contributed by atoms with van der Waals surface area (Å²) in [7, 11) is -3.46. The molecule has 0 radical (unpaired) electrons. The van der Waals surface area contributed by atoms with Crippen LogP contribution in [0.4, 0.5) is 0 Å². The Balaban J connectivity index is 2.04. The highest BCUT2D eigenvalue weighted by Crippen LogP contribution is 2.19. The second kappa shape index (κ2) is 6.91. The molecule has 1 N–H and O–H groups in total.